The van der Waals surface area contributed by atoms with Crippen LogP contribution in [0.25, 0.3) is 0 Å². The molecule has 2 aliphatic heterocycles. The first-order valence-electron chi connectivity index (χ1n) is 11.3. The van der Waals surface area contributed by atoms with Crippen LogP contribution in [0, 0.1) is 0 Å². The quantitative estimate of drug-likeness (QED) is 0.567. The van der Waals surface area contributed by atoms with Crippen molar-refractivity contribution < 1.29 is 32.6 Å². The number of hydrogen-bond donors (Lipinski definition) is 1. The lowest BCUT2D eigenvalue weighted by Gasteiger charge is -2.38. The van der Waals surface area contributed by atoms with Gasteiger partial charge in [0, 0.05) is 32.4 Å². The first kappa shape index (κ1) is 25.3. The second-order valence-corrected chi connectivity index (χ2v) is 8.70. The zero-order chi connectivity index (χ0) is 25.9. The second kappa shape index (κ2) is 10.4. The standard InChI is InChI=1S/C24H25N3O2.C2HF3O2/c1-29-20-10-5-9-19(13-20)14-25-16-22-23(17-25)27(15-18-7-3-2-4-8-18)24(28)21-11-6-12-26(21)22;3-2(4,5)1(6)7/h2-13,22-23H,14-17H2,1H3;(H,6,7). The lowest BCUT2D eigenvalue weighted by molar-refractivity contribution is -0.192. The number of aliphatic carboxylic acids is 1. The first-order chi connectivity index (χ1) is 17.2. The molecule has 190 valence electrons. The summed E-state index contributed by atoms with van der Waals surface area (Å²) in [5, 5.41) is 7.12. The second-order valence-electron chi connectivity index (χ2n) is 8.70. The van der Waals surface area contributed by atoms with Gasteiger partial charge in [-0.3, -0.25) is 9.69 Å². The fourth-order valence-electron chi connectivity index (χ4n) is 4.72. The van der Waals surface area contributed by atoms with Crippen molar-refractivity contribution in [3.63, 3.8) is 0 Å². The van der Waals surface area contributed by atoms with Crippen molar-refractivity contribution >= 4 is 11.9 Å². The van der Waals surface area contributed by atoms with Crippen molar-refractivity contribution in [2.24, 2.45) is 0 Å². The van der Waals surface area contributed by atoms with Crippen LogP contribution in [0.1, 0.15) is 27.7 Å². The van der Waals surface area contributed by atoms with Gasteiger partial charge in [0.15, 0.2) is 0 Å². The highest BCUT2D eigenvalue weighted by Gasteiger charge is 2.44. The summed E-state index contributed by atoms with van der Waals surface area (Å²) >= 11 is 0. The summed E-state index contributed by atoms with van der Waals surface area (Å²) in [7, 11) is 1.70. The summed E-state index contributed by atoms with van der Waals surface area (Å²) in [5.74, 6) is -1.75. The lowest BCUT2D eigenvalue weighted by Crippen LogP contribution is -2.49. The molecule has 0 saturated carbocycles. The van der Waals surface area contributed by atoms with E-state index in [9.17, 15) is 18.0 Å². The predicted molar refractivity (Wildman–Crippen MR) is 126 cm³/mol. The summed E-state index contributed by atoms with van der Waals surface area (Å²) < 4.78 is 39.3. The van der Waals surface area contributed by atoms with Gasteiger partial charge in [-0.05, 0) is 35.4 Å². The largest absolute Gasteiger partial charge is 0.497 e. The number of ether oxygens (including phenoxy) is 1. The number of carboxylic acid groups (broad SMARTS) is 1. The van der Waals surface area contributed by atoms with Crippen LogP contribution in [0.2, 0.25) is 0 Å². The maximum Gasteiger partial charge on any atom is 0.490 e. The minimum absolute atomic E-state index is 0.128. The number of amides is 1. The molecule has 7 nitrogen and oxygen atoms in total. The smallest absolute Gasteiger partial charge is 0.490 e. The fourth-order valence-corrected chi connectivity index (χ4v) is 4.72. The van der Waals surface area contributed by atoms with Gasteiger partial charge in [0.05, 0.1) is 19.2 Å². The Morgan fingerprint density at radius 2 is 1.64 bits per heavy atom. The van der Waals surface area contributed by atoms with Gasteiger partial charge in [0.25, 0.3) is 5.91 Å². The van der Waals surface area contributed by atoms with Crippen molar-refractivity contribution in [3.05, 3.63) is 89.7 Å². The molecule has 1 saturated heterocycles. The minimum Gasteiger partial charge on any atom is -0.497 e. The van der Waals surface area contributed by atoms with Crippen LogP contribution in [-0.4, -0.2) is 63.8 Å². The number of nitrogens with zero attached hydrogens (tertiary/aromatic N) is 3. The van der Waals surface area contributed by atoms with Crippen LogP contribution < -0.4 is 4.74 Å². The van der Waals surface area contributed by atoms with Gasteiger partial charge >= 0.3 is 12.1 Å². The van der Waals surface area contributed by atoms with E-state index in [0.717, 1.165) is 31.1 Å². The number of rotatable bonds is 5. The molecule has 0 spiro atoms. The van der Waals surface area contributed by atoms with Crippen molar-refractivity contribution in [2.75, 3.05) is 20.2 Å². The van der Waals surface area contributed by atoms with Gasteiger partial charge in [-0.2, -0.15) is 13.2 Å². The molecule has 0 radical (unpaired) electrons. The Balaban J connectivity index is 0.000000384. The molecule has 0 bridgehead atoms. The van der Waals surface area contributed by atoms with E-state index in [1.54, 1.807) is 7.11 Å². The Hall–Kier alpha value is -3.79. The molecule has 5 rings (SSSR count). The van der Waals surface area contributed by atoms with E-state index >= 15 is 0 Å². The number of fused-ring (bicyclic) bond motifs is 3. The van der Waals surface area contributed by atoms with Gasteiger partial charge in [-0.25, -0.2) is 4.79 Å². The van der Waals surface area contributed by atoms with Crippen molar-refractivity contribution in [1.29, 1.82) is 0 Å². The van der Waals surface area contributed by atoms with E-state index in [-0.39, 0.29) is 18.0 Å². The minimum atomic E-state index is -5.08. The van der Waals surface area contributed by atoms with E-state index in [2.05, 4.69) is 44.8 Å². The highest BCUT2D eigenvalue weighted by Crippen LogP contribution is 2.35. The summed E-state index contributed by atoms with van der Waals surface area (Å²) in [5.41, 5.74) is 3.20. The molecule has 36 heavy (non-hydrogen) atoms. The molecule has 1 fully saturated rings. The zero-order valence-electron chi connectivity index (χ0n) is 19.6. The monoisotopic (exact) mass is 501 g/mol. The number of methoxy groups -OCH3 is 1. The van der Waals surface area contributed by atoms with E-state index < -0.39 is 12.1 Å². The fraction of sp³-hybridized carbons (Fsp3) is 0.308. The summed E-state index contributed by atoms with van der Waals surface area (Å²) in [6, 6.07) is 22.9. The molecule has 1 amide bonds. The molecular formula is C26H26F3N3O4. The van der Waals surface area contributed by atoms with Gasteiger partial charge < -0.3 is 19.3 Å². The van der Waals surface area contributed by atoms with Gasteiger partial charge in [-0.15, -0.1) is 0 Å². The third kappa shape index (κ3) is 5.54. The number of carbonyl (C=O) groups is 2. The van der Waals surface area contributed by atoms with Crippen LogP contribution in [0.3, 0.4) is 0 Å². The number of halogens is 3. The number of alkyl halides is 3. The molecule has 1 N–H and O–H groups in total. The predicted octanol–water partition coefficient (Wildman–Crippen LogP) is 4.21. The Kier molecular flexibility index (Phi) is 7.35. The average molecular weight is 502 g/mol. The van der Waals surface area contributed by atoms with Crippen LogP contribution in [0.4, 0.5) is 13.2 Å². The number of carboxylic acids is 1. The van der Waals surface area contributed by atoms with Crippen LogP contribution in [-0.2, 0) is 17.9 Å². The molecule has 1 aromatic heterocycles. The third-order valence-electron chi connectivity index (χ3n) is 6.33. The SMILES string of the molecule is COc1cccc(CN2CC3C(C2)n2cccc2C(=O)N3Cc2ccccc2)c1.O=C(O)C(F)(F)F. The van der Waals surface area contributed by atoms with E-state index in [1.165, 1.54) is 11.1 Å². The summed E-state index contributed by atoms with van der Waals surface area (Å²) in [6.07, 6.45) is -3.03. The Morgan fingerprint density at radius 1 is 0.972 bits per heavy atom. The molecule has 2 unspecified atom stereocenters. The van der Waals surface area contributed by atoms with Gasteiger partial charge in [0.2, 0.25) is 0 Å². The highest BCUT2D eigenvalue weighted by molar-refractivity contribution is 5.94. The van der Waals surface area contributed by atoms with E-state index in [4.69, 9.17) is 14.6 Å². The van der Waals surface area contributed by atoms with Crippen LogP contribution in [0.5, 0.6) is 5.75 Å². The van der Waals surface area contributed by atoms with E-state index in [1.807, 2.05) is 42.5 Å². The number of likely N-dealkylation sites (tertiary alicyclic amines) is 1. The van der Waals surface area contributed by atoms with Crippen molar-refractivity contribution in [3.8, 4) is 5.75 Å². The molecule has 0 aliphatic carbocycles. The van der Waals surface area contributed by atoms with Crippen LogP contribution >= 0.6 is 0 Å². The van der Waals surface area contributed by atoms with Crippen molar-refractivity contribution in [2.45, 2.75) is 31.3 Å². The average Bonchev–Trinajstić information content (AvgIpc) is 3.50. The molecule has 3 heterocycles. The number of aromatic nitrogens is 1. The highest BCUT2D eigenvalue weighted by atomic mass is 19.4. The normalized spacial score (nSPS) is 19.2. The molecular weight excluding hydrogens is 475 g/mol. The maximum absolute atomic E-state index is 13.2. The summed E-state index contributed by atoms with van der Waals surface area (Å²) in [6.45, 7) is 3.31. The van der Waals surface area contributed by atoms with Gasteiger partial charge in [-0.1, -0.05) is 42.5 Å². The molecule has 2 aliphatic rings. The Bertz CT molecular complexity index is 1210. The Labute approximate surface area is 206 Å². The molecule has 10 heteroatoms. The molecule has 2 atom stereocenters. The van der Waals surface area contributed by atoms with Gasteiger partial charge in [0.1, 0.15) is 11.4 Å². The lowest BCUT2D eigenvalue weighted by atomic mass is 10.0. The first-order valence-corrected chi connectivity index (χ1v) is 11.3. The third-order valence-corrected chi connectivity index (χ3v) is 6.33. The zero-order valence-corrected chi connectivity index (χ0v) is 19.6. The van der Waals surface area contributed by atoms with Crippen molar-refractivity contribution in [1.82, 2.24) is 14.4 Å². The topological polar surface area (TPSA) is 75.0 Å². The molecule has 2 aromatic carbocycles. The van der Waals surface area contributed by atoms with Crippen LogP contribution in [0.15, 0.2) is 72.9 Å². The Morgan fingerprint density at radius 3 is 2.31 bits per heavy atom. The number of benzene rings is 2. The summed E-state index contributed by atoms with van der Waals surface area (Å²) in [4.78, 5) is 26.7. The van der Waals surface area contributed by atoms with E-state index in [0.29, 0.717) is 6.54 Å². The molecule has 3 aromatic rings. The maximum atomic E-state index is 13.2. The number of carbonyl (C=O) groups excluding carboxylic acids is 1. The number of hydrogen-bond acceptors (Lipinski definition) is 4.